The molecular formula is C8H12BN4. The van der Waals surface area contributed by atoms with Crippen molar-refractivity contribution in [2.75, 3.05) is 6.67 Å². The molecule has 5 heteroatoms. The summed E-state index contributed by atoms with van der Waals surface area (Å²) < 4.78 is 1.65. The largest absolute Gasteiger partial charge is 0.312 e. The van der Waals surface area contributed by atoms with Crippen LogP contribution >= 0.6 is 0 Å². The van der Waals surface area contributed by atoms with Gasteiger partial charge in [0.1, 0.15) is 5.49 Å². The minimum atomic E-state index is 0.253. The Morgan fingerprint density at radius 2 is 2.38 bits per heavy atom. The average molecular weight is 175 g/mol. The van der Waals surface area contributed by atoms with Crippen LogP contribution in [0.15, 0.2) is 28.3 Å². The second kappa shape index (κ2) is 4.62. The number of hydrogen-bond donors (Lipinski definition) is 1. The van der Waals surface area contributed by atoms with Crippen molar-refractivity contribution in [1.82, 2.24) is 4.68 Å². The van der Waals surface area contributed by atoms with Crippen molar-refractivity contribution in [2.24, 2.45) is 15.8 Å². The van der Waals surface area contributed by atoms with Crippen molar-refractivity contribution in [3.05, 3.63) is 23.7 Å². The highest BCUT2D eigenvalue weighted by atomic mass is 15.3. The molecule has 1 rings (SSSR count). The molecule has 0 aliphatic rings. The Morgan fingerprint density at radius 1 is 1.62 bits per heavy atom. The molecule has 4 nitrogen and oxygen atoms in total. The summed E-state index contributed by atoms with van der Waals surface area (Å²) >= 11 is 0. The SMILES string of the molecule is C=Nn1c([B]C)cccc1=NCN. The zero-order valence-electron chi connectivity index (χ0n) is 7.64. The van der Waals surface area contributed by atoms with E-state index in [0.717, 1.165) is 5.59 Å². The van der Waals surface area contributed by atoms with Crippen LogP contribution in [0.4, 0.5) is 0 Å². The standard InChI is InChI=1S/C8H12BN4/c1-9-7-4-3-5-8(12-6-10)13(7)11-2/h3-5H,2,6,10H2,1H3. The predicted molar refractivity (Wildman–Crippen MR) is 55.2 cm³/mol. The maximum absolute atomic E-state index is 5.32. The molecule has 0 aliphatic heterocycles. The fraction of sp³-hybridized carbons (Fsp3) is 0.250. The van der Waals surface area contributed by atoms with E-state index in [-0.39, 0.29) is 6.67 Å². The lowest BCUT2D eigenvalue weighted by atomic mass is 9.77. The number of nitrogens with zero attached hydrogens (tertiary/aromatic N) is 3. The molecular weight excluding hydrogens is 163 g/mol. The van der Waals surface area contributed by atoms with Gasteiger partial charge in [-0.25, -0.2) is 4.68 Å². The third-order valence-electron chi connectivity index (χ3n) is 1.66. The first-order chi connectivity index (χ1) is 6.33. The maximum atomic E-state index is 5.32. The number of nitrogens with two attached hydrogens (primary N) is 1. The van der Waals surface area contributed by atoms with Gasteiger partial charge in [-0.3, -0.25) is 4.99 Å². The van der Waals surface area contributed by atoms with Gasteiger partial charge in [-0.15, -0.1) is 0 Å². The van der Waals surface area contributed by atoms with Crippen LogP contribution in [0.25, 0.3) is 0 Å². The van der Waals surface area contributed by atoms with E-state index in [1.807, 2.05) is 32.3 Å². The highest BCUT2D eigenvalue weighted by molar-refractivity contribution is 6.50. The molecule has 0 unspecified atom stereocenters. The molecule has 1 radical (unpaired) electrons. The van der Waals surface area contributed by atoms with E-state index >= 15 is 0 Å². The summed E-state index contributed by atoms with van der Waals surface area (Å²) in [5.74, 6) is 0. The summed E-state index contributed by atoms with van der Waals surface area (Å²) in [5, 5.41) is 3.85. The van der Waals surface area contributed by atoms with Crippen molar-refractivity contribution < 1.29 is 0 Å². The van der Waals surface area contributed by atoms with Crippen molar-refractivity contribution in [3.63, 3.8) is 0 Å². The molecule has 0 saturated heterocycles. The third-order valence-corrected chi connectivity index (χ3v) is 1.66. The molecule has 0 aromatic carbocycles. The Bertz CT molecular complexity index is 355. The van der Waals surface area contributed by atoms with E-state index < -0.39 is 0 Å². The lowest BCUT2D eigenvalue weighted by Crippen LogP contribution is -2.33. The fourth-order valence-electron chi connectivity index (χ4n) is 1.09. The molecule has 2 N–H and O–H groups in total. The molecule has 0 spiro atoms. The van der Waals surface area contributed by atoms with Gasteiger partial charge in [0.2, 0.25) is 0 Å². The van der Waals surface area contributed by atoms with Crippen molar-refractivity contribution in [2.45, 2.75) is 6.82 Å². The summed E-state index contributed by atoms with van der Waals surface area (Å²) in [7, 11) is 1.93. The lowest BCUT2D eigenvalue weighted by Gasteiger charge is -2.05. The minimum absolute atomic E-state index is 0.253. The van der Waals surface area contributed by atoms with Crippen LogP contribution in [0.5, 0.6) is 0 Å². The lowest BCUT2D eigenvalue weighted by molar-refractivity contribution is 0.810. The second-order valence-electron chi connectivity index (χ2n) is 2.39. The predicted octanol–water partition coefficient (Wildman–Crippen LogP) is -0.854. The van der Waals surface area contributed by atoms with Crippen LogP contribution in [0, 0.1) is 0 Å². The number of hydrogen-bond acceptors (Lipinski definition) is 3. The third kappa shape index (κ3) is 2.06. The Labute approximate surface area is 78.0 Å². The van der Waals surface area contributed by atoms with Gasteiger partial charge < -0.3 is 5.73 Å². The molecule has 1 heterocycles. The van der Waals surface area contributed by atoms with E-state index in [0.29, 0.717) is 5.49 Å². The van der Waals surface area contributed by atoms with Gasteiger partial charge in [-0.2, -0.15) is 5.10 Å². The van der Waals surface area contributed by atoms with Gasteiger partial charge in [-0.1, -0.05) is 19.0 Å². The summed E-state index contributed by atoms with van der Waals surface area (Å²) in [4.78, 5) is 4.07. The van der Waals surface area contributed by atoms with Crippen molar-refractivity contribution >= 4 is 19.6 Å². The van der Waals surface area contributed by atoms with Crippen LogP contribution in [-0.4, -0.2) is 25.3 Å². The highest BCUT2D eigenvalue weighted by Gasteiger charge is 1.96. The monoisotopic (exact) mass is 175 g/mol. The molecule has 0 fully saturated rings. The number of rotatable bonds is 3. The first-order valence-electron chi connectivity index (χ1n) is 4.02. The van der Waals surface area contributed by atoms with Gasteiger partial charge >= 0.3 is 0 Å². The zero-order valence-corrected chi connectivity index (χ0v) is 7.64. The normalized spacial score (nSPS) is 11.4. The minimum Gasteiger partial charge on any atom is -0.312 e. The Balaban J connectivity index is 3.35. The number of pyridine rings is 1. The molecule has 1 aromatic heterocycles. The quantitative estimate of drug-likeness (QED) is 0.472. The highest BCUT2D eigenvalue weighted by Crippen LogP contribution is 1.78. The number of aromatic nitrogens is 1. The van der Waals surface area contributed by atoms with E-state index in [4.69, 9.17) is 5.73 Å². The van der Waals surface area contributed by atoms with Gasteiger partial charge in [0.05, 0.1) is 6.67 Å². The summed E-state index contributed by atoms with van der Waals surface area (Å²) in [6.45, 7) is 5.66. The molecule has 13 heavy (non-hydrogen) atoms. The van der Waals surface area contributed by atoms with E-state index in [1.54, 1.807) is 4.68 Å². The zero-order chi connectivity index (χ0) is 9.68. The second-order valence-corrected chi connectivity index (χ2v) is 2.39. The molecule has 0 saturated carbocycles. The first kappa shape index (κ1) is 9.73. The topological polar surface area (TPSA) is 55.7 Å². The van der Waals surface area contributed by atoms with E-state index in [2.05, 4.69) is 16.8 Å². The Hall–Kier alpha value is -1.36. The summed E-state index contributed by atoms with van der Waals surface area (Å²) in [5.41, 5.74) is 6.99. The van der Waals surface area contributed by atoms with Gasteiger partial charge in [0, 0.05) is 12.3 Å². The van der Waals surface area contributed by atoms with Crippen molar-refractivity contribution in [3.8, 4) is 0 Å². The Morgan fingerprint density at radius 3 is 2.92 bits per heavy atom. The van der Waals surface area contributed by atoms with Crippen LogP contribution in [0.1, 0.15) is 0 Å². The van der Waals surface area contributed by atoms with Crippen LogP contribution < -0.4 is 16.8 Å². The maximum Gasteiger partial charge on any atom is 0.174 e. The van der Waals surface area contributed by atoms with Crippen LogP contribution in [-0.2, 0) is 0 Å². The van der Waals surface area contributed by atoms with Crippen LogP contribution in [0.2, 0.25) is 6.82 Å². The van der Waals surface area contributed by atoms with E-state index in [1.165, 1.54) is 0 Å². The molecule has 0 bridgehead atoms. The molecule has 67 valence electrons. The van der Waals surface area contributed by atoms with Crippen molar-refractivity contribution in [1.29, 1.82) is 0 Å². The fourth-order valence-corrected chi connectivity index (χ4v) is 1.09. The molecule has 0 amide bonds. The van der Waals surface area contributed by atoms with Gasteiger partial charge in [-0.05, 0) is 6.07 Å². The summed E-state index contributed by atoms with van der Waals surface area (Å²) in [6.07, 6.45) is 0. The molecule has 0 atom stereocenters. The van der Waals surface area contributed by atoms with Gasteiger partial charge in [0.15, 0.2) is 7.28 Å². The van der Waals surface area contributed by atoms with Crippen LogP contribution in [0.3, 0.4) is 0 Å². The Kier molecular flexibility index (Phi) is 3.46. The average Bonchev–Trinajstić information content (AvgIpc) is 2.18. The van der Waals surface area contributed by atoms with E-state index in [9.17, 15) is 0 Å². The summed E-state index contributed by atoms with van der Waals surface area (Å²) in [6, 6.07) is 5.68. The smallest absolute Gasteiger partial charge is 0.174 e. The molecule has 1 aromatic rings. The molecule has 0 aliphatic carbocycles. The first-order valence-corrected chi connectivity index (χ1v) is 4.02. The van der Waals surface area contributed by atoms with Gasteiger partial charge in [0.25, 0.3) is 0 Å².